The summed E-state index contributed by atoms with van der Waals surface area (Å²) in [6, 6.07) is -2.91. The topological polar surface area (TPSA) is 134 Å². The number of hydrogen-bond acceptors (Lipinski definition) is 5. The number of carbonyl (C=O) groups excluding carboxylic acids is 4. The zero-order chi connectivity index (χ0) is 29.3. The molecule has 5 saturated carbocycles. The first kappa shape index (κ1) is 28.7. The summed E-state index contributed by atoms with van der Waals surface area (Å²) in [4.78, 5) is 52.6. The SMILES string of the molecule is NC(=O)[C@H](C[C@@H]1CCNC1=O)NCC1[C@H]2CC[C@H](C2)N1C(=O)[C@@H](NC(=O)C(F)(F)F)C12CC3CC(CC(F)(C3)C1)C2. The monoisotopic (exact) mass is 585 g/mol. The first-order chi connectivity index (χ1) is 19.3. The van der Waals surface area contributed by atoms with Crippen molar-refractivity contribution in [2.24, 2.45) is 34.8 Å². The summed E-state index contributed by atoms with van der Waals surface area (Å²) in [7, 11) is 0. The van der Waals surface area contributed by atoms with Gasteiger partial charge < -0.3 is 26.6 Å². The van der Waals surface area contributed by atoms with Crippen molar-refractivity contribution in [3.8, 4) is 0 Å². The normalized spacial score (nSPS) is 40.5. The van der Waals surface area contributed by atoms with Gasteiger partial charge in [0.2, 0.25) is 17.7 Å². The molecule has 2 aliphatic heterocycles. The predicted octanol–water partition coefficient (Wildman–Crippen LogP) is 1.69. The number of piperidine rings is 1. The molecule has 5 aliphatic carbocycles. The molecule has 0 spiro atoms. The molecule has 6 bridgehead atoms. The molecule has 2 saturated heterocycles. The van der Waals surface area contributed by atoms with Crippen LogP contribution in [0.2, 0.25) is 0 Å². The maximum absolute atomic E-state index is 15.9. The van der Waals surface area contributed by atoms with E-state index >= 15 is 4.39 Å². The number of carbonyl (C=O) groups is 4. The van der Waals surface area contributed by atoms with Gasteiger partial charge in [-0.25, -0.2) is 4.39 Å². The van der Waals surface area contributed by atoms with E-state index in [2.05, 4.69) is 16.0 Å². The lowest BCUT2D eigenvalue weighted by Gasteiger charge is -2.61. The van der Waals surface area contributed by atoms with Crippen LogP contribution >= 0.6 is 0 Å². The van der Waals surface area contributed by atoms with Crippen molar-refractivity contribution in [1.82, 2.24) is 20.9 Å². The number of halogens is 4. The van der Waals surface area contributed by atoms with E-state index < -0.39 is 53.1 Å². The Kier molecular flexibility index (Phi) is 7.05. The standard InChI is InChI=1S/C28H39F4N5O4/c29-27-10-14-5-15(11-27)9-26(8-14,13-27)21(36-25(41)28(30,31)32)24(40)37-18-2-1-16(6-18)20(37)12-35-19(22(33)38)7-17-3-4-34-23(17)39/h14-21,35H,1-13H2,(H2,33,38)(H,34,39)(H,36,41)/t14?,15?,16-,17-,18+,19-,20?,21+,26?,27?/m0/s1. The second kappa shape index (κ2) is 10.1. The van der Waals surface area contributed by atoms with Crippen LogP contribution in [0.3, 0.4) is 0 Å². The first-order valence-electron chi connectivity index (χ1n) is 15.0. The van der Waals surface area contributed by atoms with Crippen molar-refractivity contribution in [2.45, 2.75) is 107 Å². The molecule has 2 heterocycles. The Bertz CT molecular complexity index is 1100. The smallest absolute Gasteiger partial charge is 0.368 e. The van der Waals surface area contributed by atoms with Gasteiger partial charge >= 0.3 is 12.1 Å². The molecule has 0 aromatic carbocycles. The van der Waals surface area contributed by atoms with Crippen LogP contribution in [0.15, 0.2) is 0 Å². The number of primary amides is 1. The minimum Gasteiger partial charge on any atom is -0.368 e. The minimum atomic E-state index is -5.18. The predicted molar refractivity (Wildman–Crippen MR) is 137 cm³/mol. The third-order valence-electron chi connectivity index (χ3n) is 11.0. The molecule has 0 aromatic heterocycles. The van der Waals surface area contributed by atoms with E-state index in [0.29, 0.717) is 51.5 Å². The van der Waals surface area contributed by atoms with Gasteiger partial charge in [0.1, 0.15) is 11.7 Å². The van der Waals surface area contributed by atoms with Crippen LogP contribution in [0.5, 0.6) is 0 Å². The molecule has 228 valence electrons. The van der Waals surface area contributed by atoms with E-state index in [1.54, 1.807) is 4.90 Å². The lowest BCUT2D eigenvalue weighted by atomic mass is 9.46. The fraction of sp³-hybridized carbons (Fsp3) is 0.857. The maximum Gasteiger partial charge on any atom is 0.471 e. The second-order valence-electron chi connectivity index (χ2n) is 13.8. The van der Waals surface area contributed by atoms with Crippen LogP contribution in [-0.2, 0) is 19.2 Å². The number of rotatable bonds is 9. The summed E-state index contributed by atoms with van der Waals surface area (Å²) in [5, 5.41) is 7.95. The van der Waals surface area contributed by atoms with Crippen molar-refractivity contribution < 1.29 is 36.7 Å². The maximum atomic E-state index is 15.9. The second-order valence-corrected chi connectivity index (χ2v) is 13.8. The van der Waals surface area contributed by atoms with Crippen LogP contribution in [0, 0.1) is 29.1 Å². The van der Waals surface area contributed by atoms with Gasteiger partial charge in [-0.1, -0.05) is 0 Å². The molecule has 7 rings (SSSR count). The number of nitrogens with two attached hydrogens (primary N) is 1. The first-order valence-corrected chi connectivity index (χ1v) is 15.0. The lowest BCUT2D eigenvalue weighted by molar-refractivity contribution is -0.183. The van der Waals surface area contributed by atoms with Crippen molar-refractivity contribution >= 4 is 23.6 Å². The Morgan fingerprint density at radius 1 is 1.07 bits per heavy atom. The van der Waals surface area contributed by atoms with Crippen molar-refractivity contribution in [1.29, 1.82) is 0 Å². The highest BCUT2D eigenvalue weighted by atomic mass is 19.4. The molecular formula is C28H39F4N5O4. The van der Waals surface area contributed by atoms with Gasteiger partial charge in [0.15, 0.2) is 0 Å². The van der Waals surface area contributed by atoms with E-state index in [1.807, 2.05) is 0 Å². The molecule has 4 amide bonds. The van der Waals surface area contributed by atoms with Crippen molar-refractivity contribution in [3.63, 3.8) is 0 Å². The fourth-order valence-electron chi connectivity index (χ4n) is 9.81. The molecule has 8 atom stereocenters. The number of amides is 4. The summed E-state index contributed by atoms with van der Waals surface area (Å²) >= 11 is 0. The third kappa shape index (κ3) is 5.20. The molecule has 9 nitrogen and oxygen atoms in total. The number of nitrogens with one attached hydrogen (secondary N) is 3. The third-order valence-corrected chi connectivity index (χ3v) is 11.0. The highest BCUT2D eigenvalue weighted by Crippen LogP contribution is 2.64. The van der Waals surface area contributed by atoms with Gasteiger partial charge in [-0.3, -0.25) is 19.2 Å². The van der Waals surface area contributed by atoms with E-state index in [4.69, 9.17) is 5.73 Å². The molecule has 13 heteroatoms. The Balaban J connectivity index is 1.25. The lowest BCUT2D eigenvalue weighted by Crippen LogP contribution is -2.67. The van der Waals surface area contributed by atoms with Gasteiger partial charge in [0.25, 0.3) is 0 Å². The van der Waals surface area contributed by atoms with Gasteiger partial charge in [0.05, 0.1) is 6.04 Å². The van der Waals surface area contributed by atoms with E-state index in [1.165, 1.54) is 0 Å². The quantitative estimate of drug-likeness (QED) is 0.306. The molecule has 0 aromatic rings. The van der Waals surface area contributed by atoms with E-state index in [-0.39, 0.29) is 55.0 Å². The summed E-state index contributed by atoms with van der Waals surface area (Å²) in [5.41, 5.74) is 3.04. The van der Waals surface area contributed by atoms with Crippen LogP contribution in [0.4, 0.5) is 17.6 Å². The highest BCUT2D eigenvalue weighted by molar-refractivity contribution is 5.91. The number of fused-ring (bicyclic) bond motifs is 2. The Morgan fingerprint density at radius 2 is 1.78 bits per heavy atom. The zero-order valence-corrected chi connectivity index (χ0v) is 23.0. The molecule has 0 radical (unpaired) electrons. The molecule has 7 aliphatic rings. The summed E-state index contributed by atoms with van der Waals surface area (Å²) in [5.74, 6) is -3.85. The largest absolute Gasteiger partial charge is 0.471 e. The van der Waals surface area contributed by atoms with E-state index in [0.717, 1.165) is 12.8 Å². The molecule has 7 fully saturated rings. The summed E-state index contributed by atoms with van der Waals surface area (Å²) in [6.07, 6.45) is 0.139. The van der Waals surface area contributed by atoms with E-state index in [9.17, 15) is 32.3 Å². The van der Waals surface area contributed by atoms with Gasteiger partial charge in [-0.2, -0.15) is 13.2 Å². The van der Waals surface area contributed by atoms with Crippen LogP contribution in [0.25, 0.3) is 0 Å². The number of hydrogen-bond donors (Lipinski definition) is 4. The molecule has 5 N–H and O–H groups in total. The molecule has 3 unspecified atom stereocenters. The van der Waals surface area contributed by atoms with Gasteiger partial charge in [0, 0.05) is 36.5 Å². The molecular weight excluding hydrogens is 546 g/mol. The minimum absolute atomic E-state index is 0.0176. The molecule has 41 heavy (non-hydrogen) atoms. The summed E-state index contributed by atoms with van der Waals surface area (Å²) in [6.45, 7) is 0.707. The Hall–Kier alpha value is -2.44. The average molecular weight is 586 g/mol. The summed E-state index contributed by atoms with van der Waals surface area (Å²) < 4.78 is 56.4. The van der Waals surface area contributed by atoms with Gasteiger partial charge in [-0.15, -0.1) is 0 Å². The fourth-order valence-corrected chi connectivity index (χ4v) is 9.81. The number of likely N-dealkylation sites (tertiary alicyclic amines) is 1. The average Bonchev–Trinajstić information content (AvgIpc) is 3.58. The Morgan fingerprint density at radius 3 is 2.37 bits per heavy atom. The zero-order valence-electron chi connectivity index (χ0n) is 23.0. The van der Waals surface area contributed by atoms with Crippen molar-refractivity contribution in [3.05, 3.63) is 0 Å². The van der Waals surface area contributed by atoms with Crippen LogP contribution in [-0.4, -0.2) is 77.6 Å². The number of alkyl halides is 4. The van der Waals surface area contributed by atoms with Crippen molar-refractivity contribution in [2.75, 3.05) is 13.1 Å². The van der Waals surface area contributed by atoms with Crippen LogP contribution < -0.4 is 21.7 Å². The Labute approximate surface area is 236 Å². The number of nitrogens with zero attached hydrogens (tertiary/aromatic N) is 1. The van der Waals surface area contributed by atoms with Gasteiger partial charge in [-0.05, 0) is 88.4 Å². The highest BCUT2D eigenvalue weighted by Gasteiger charge is 2.64. The van der Waals surface area contributed by atoms with Crippen LogP contribution in [0.1, 0.15) is 70.6 Å².